The number of nitrogens with one attached hydrogen (secondary N) is 2. The highest BCUT2D eigenvalue weighted by molar-refractivity contribution is 7.89. The van der Waals surface area contributed by atoms with Gasteiger partial charge in [0.15, 0.2) is 0 Å². The van der Waals surface area contributed by atoms with Crippen molar-refractivity contribution in [3.05, 3.63) is 35.4 Å². The van der Waals surface area contributed by atoms with Gasteiger partial charge in [-0.3, -0.25) is 0 Å². The summed E-state index contributed by atoms with van der Waals surface area (Å²) in [5.41, 5.74) is -0.00111. The molecule has 0 aliphatic carbocycles. The summed E-state index contributed by atoms with van der Waals surface area (Å²) in [7, 11) is -1.67. The van der Waals surface area contributed by atoms with E-state index < -0.39 is 21.7 Å². The van der Waals surface area contributed by atoms with Gasteiger partial charge < -0.3 is 5.32 Å². The van der Waals surface area contributed by atoms with Gasteiger partial charge in [-0.2, -0.15) is 0 Å². The molecule has 19 heavy (non-hydrogen) atoms. The lowest BCUT2D eigenvalue weighted by Crippen LogP contribution is -2.26. The van der Waals surface area contributed by atoms with E-state index in [9.17, 15) is 17.2 Å². The minimum Gasteiger partial charge on any atom is -0.320 e. The van der Waals surface area contributed by atoms with Crippen molar-refractivity contribution in [1.82, 2.24) is 10.0 Å². The Morgan fingerprint density at radius 1 is 1.21 bits per heavy atom. The van der Waals surface area contributed by atoms with E-state index >= 15 is 0 Å². The van der Waals surface area contributed by atoms with Gasteiger partial charge >= 0.3 is 0 Å². The Labute approximate surface area is 112 Å². The predicted octanol–water partition coefficient (Wildman–Crippen LogP) is 1.38. The maximum Gasteiger partial charge on any atom is 0.211 e. The number of rotatable bonds is 8. The van der Waals surface area contributed by atoms with Crippen molar-refractivity contribution in [2.45, 2.75) is 19.4 Å². The molecule has 0 atom stereocenters. The monoisotopic (exact) mass is 292 g/mol. The highest BCUT2D eigenvalue weighted by atomic mass is 32.2. The standard InChI is InChI=1S/C12H18F2N2O2S/c1-15-6-2-3-7-19(17,18)16-9-10-8-11(13)4-5-12(10)14/h4-5,8,15-16H,2-3,6-7,9H2,1H3. The first kappa shape index (κ1) is 16.0. The van der Waals surface area contributed by atoms with E-state index in [1.54, 1.807) is 7.05 Å². The molecule has 0 amide bonds. The predicted molar refractivity (Wildman–Crippen MR) is 70.1 cm³/mol. The van der Waals surface area contributed by atoms with Crippen LogP contribution in [0.2, 0.25) is 0 Å². The summed E-state index contributed by atoms with van der Waals surface area (Å²) in [5.74, 6) is -1.24. The van der Waals surface area contributed by atoms with E-state index in [0.29, 0.717) is 6.42 Å². The van der Waals surface area contributed by atoms with Gasteiger partial charge in [-0.05, 0) is 44.6 Å². The molecule has 7 heteroatoms. The Bertz CT molecular complexity index is 506. The Kier molecular flexibility index (Phi) is 6.33. The number of halogens is 2. The quantitative estimate of drug-likeness (QED) is 0.712. The summed E-state index contributed by atoms with van der Waals surface area (Å²) in [6.07, 6.45) is 1.26. The molecule has 0 saturated heterocycles. The van der Waals surface area contributed by atoms with Gasteiger partial charge in [0.1, 0.15) is 11.6 Å². The first-order chi connectivity index (χ1) is 8.94. The van der Waals surface area contributed by atoms with Crippen molar-refractivity contribution in [3.8, 4) is 0 Å². The smallest absolute Gasteiger partial charge is 0.211 e. The molecule has 0 aliphatic heterocycles. The lowest BCUT2D eigenvalue weighted by Gasteiger charge is -2.07. The summed E-state index contributed by atoms with van der Waals surface area (Å²) < 4.78 is 51.7. The van der Waals surface area contributed by atoms with E-state index in [-0.39, 0.29) is 17.9 Å². The molecular formula is C12H18F2N2O2S. The second-order valence-electron chi connectivity index (χ2n) is 4.19. The van der Waals surface area contributed by atoms with Crippen molar-refractivity contribution >= 4 is 10.0 Å². The number of hydrogen-bond donors (Lipinski definition) is 2. The average Bonchev–Trinajstić information content (AvgIpc) is 2.36. The third kappa shape index (κ3) is 6.09. The van der Waals surface area contributed by atoms with Crippen LogP contribution >= 0.6 is 0 Å². The van der Waals surface area contributed by atoms with Crippen LogP contribution in [0.5, 0.6) is 0 Å². The molecule has 2 N–H and O–H groups in total. The summed E-state index contributed by atoms with van der Waals surface area (Å²) >= 11 is 0. The summed E-state index contributed by atoms with van der Waals surface area (Å²) in [5, 5.41) is 2.92. The van der Waals surface area contributed by atoms with Crippen LogP contribution in [0.15, 0.2) is 18.2 Å². The number of unbranched alkanes of at least 4 members (excludes halogenated alkanes) is 1. The molecule has 0 heterocycles. The highest BCUT2D eigenvalue weighted by Crippen LogP contribution is 2.09. The number of sulfonamides is 1. The van der Waals surface area contributed by atoms with Crippen LogP contribution in [0.4, 0.5) is 8.78 Å². The summed E-state index contributed by atoms with van der Waals surface area (Å²) in [6, 6.07) is 2.95. The van der Waals surface area contributed by atoms with Gasteiger partial charge in [0.2, 0.25) is 10.0 Å². The molecule has 0 spiro atoms. The van der Waals surface area contributed by atoms with E-state index in [1.165, 1.54) is 0 Å². The number of benzene rings is 1. The van der Waals surface area contributed by atoms with Crippen LogP contribution < -0.4 is 10.0 Å². The zero-order chi connectivity index (χ0) is 14.3. The molecule has 0 aliphatic rings. The average molecular weight is 292 g/mol. The van der Waals surface area contributed by atoms with Crippen LogP contribution in [0.3, 0.4) is 0 Å². The summed E-state index contributed by atoms with van der Waals surface area (Å²) in [4.78, 5) is 0. The zero-order valence-electron chi connectivity index (χ0n) is 10.7. The first-order valence-electron chi connectivity index (χ1n) is 6.00. The topological polar surface area (TPSA) is 58.2 Å². The lowest BCUT2D eigenvalue weighted by molar-refractivity contribution is 0.564. The van der Waals surface area contributed by atoms with Gasteiger partial charge in [-0.25, -0.2) is 21.9 Å². The normalized spacial score (nSPS) is 11.7. The molecule has 0 fully saturated rings. The van der Waals surface area contributed by atoms with Crippen LogP contribution in [0.25, 0.3) is 0 Å². The Morgan fingerprint density at radius 2 is 1.95 bits per heavy atom. The molecule has 0 aromatic heterocycles. The van der Waals surface area contributed by atoms with Crippen molar-refractivity contribution in [1.29, 1.82) is 0 Å². The molecule has 0 radical (unpaired) electrons. The van der Waals surface area contributed by atoms with Crippen molar-refractivity contribution in [2.75, 3.05) is 19.3 Å². The van der Waals surface area contributed by atoms with Crippen molar-refractivity contribution in [2.24, 2.45) is 0 Å². The molecule has 4 nitrogen and oxygen atoms in total. The van der Waals surface area contributed by atoms with Gasteiger partial charge in [0, 0.05) is 12.1 Å². The van der Waals surface area contributed by atoms with Crippen LogP contribution in [0.1, 0.15) is 18.4 Å². The Balaban J connectivity index is 2.48. The fraction of sp³-hybridized carbons (Fsp3) is 0.500. The fourth-order valence-electron chi connectivity index (χ4n) is 1.53. The van der Waals surface area contributed by atoms with Gasteiger partial charge in [0.25, 0.3) is 0 Å². The third-order valence-corrected chi connectivity index (χ3v) is 3.99. The molecule has 1 aromatic rings. The van der Waals surface area contributed by atoms with Gasteiger partial charge in [-0.1, -0.05) is 0 Å². The van der Waals surface area contributed by atoms with E-state index in [0.717, 1.165) is 31.2 Å². The maximum absolute atomic E-state index is 13.3. The fourth-order valence-corrected chi connectivity index (χ4v) is 2.64. The number of hydrogen-bond acceptors (Lipinski definition) is 3. The third-order valence-electron chi connectivity index (χ3n) is 2.58. The lowest BCUT2D eigenvalue weighted by atomic mass is 10.2. The molecule has 0 unspecified atom stereocenters. The minimum absolute atomic E-state index is 0.00111. The molecule has 1 rings (SSSR count). The zero-order valence-corrected chi connectivity index (χ0v) is 11.6. The van der Waals surface area contributed by atoms with E-state index in [1.807, 2.05) is 0 Å². The SMILES string of the molecule is CNCCCCS(=O)(=O)NCc1cc(F)ccc1F. The van der Waals surface area contributed by atoms with Crippen LogP contribution in [-0.2, 0) is 16.6 Å². The van der Waals surface area contributed by atoms with Crippen molar-refractivity contribution in [3.63, 3.8) is 0 Å². The molecule has 108 valence electrons. The maximum atomic E-state index is 13.3. The van der Waals surface area contributed by atoms with E-state index in [4.69, 9.17) is 0 Å². The highest BCUT2D eigenvalue weighted by Gasteiger charge is 2.11. The molecule has 0 saturated carbocycles. The van der Waals surface area contributed by atoms with Crippen LogP contribution in [0, 0.1) is 11.6 Å². The molecule has 1 aromatic carbocycles. The largest absolute Gasteiger partial charge is 0.320 e. The van der Waals surface area contributed by atoms with Crippen molar-refractivity contribution < 1.29 is 17.2 Å². The molecular weight excluding hydrogens is 274 g/mol. The minimum atomic E-state index is -3.46. The Morgan fingerprint density at radius 3 is 2.63 bits per heavy atom. The van der Waals surface area contributed by atoms with E-state index in [2.05, 4.69) is 10.0 Å². The first-order valence-corrected chi connectivity index (χ1v) is 7.66. The van der Waals surface area contributed by atoms with Gasteiger partial charge in [0.05, 0.1) is 5.75 Å². The second-order valence-corrected chi connectivity index (χ2v) is 6.11. The Hall–Kier alpha value is -1.05. The summed E-state index contributed by atoms with van der Waals surface area (Å²) in [6.45, 7) is 0.506. The second kappa shape index (κ2) is 7.52. The molecule has 0 bridgehead atoms. The van der Waals surface area contributed by atoms with Crippen LogP contribution in [-0.4, -0.2) is 27.8 Å². The van der Waals surface area contributed by atoms with Gasteiger partial charge in [-0.15, -0.1) is 0 Å².